The van der Waals surface area contributed by atoms with Gasteiger partial charge in [0, 0.05) is 23.6 Å². The maximum absolute atomic E-state index is 14.2. The Labute approximate surface area is 212 Å². The van der Waals surface area contributed by atoms with Crippen molar-refractivity contribution in [2.45, 2.75) is 70.0 Å². The Morgan fingerprint density at radius 2 is 1.63 bits per heavy atom. The van der Waals surface area contributed by atoms with Crippen LogP contribution in [0.5, 0.6) is 0 Å². The molecule has 0 saturated carbocycles. The van der Waals surface area contributed by atoms with Gasteiger partial charge in [-0.3, -0.25) is 15.4 Å². The van der Waals surface area contributed by atoms with Crippen LogP contribution in [0.1, 0.15) is 50.8 Å². The monoisotopic (exact) mass is 496 g/mol. The Morgan fingerprint density at radius 1 is 1.06 bits per heavy atom. The summed E-state index contributed by atoms with van der Waals surface area (Å²) >= 11 is 1.86. The van der Waals surface area contributed by atoms with Crippen molar-refractivity contribution in [1.82, 2.24) is 10.6 Å². The summed E-state index contributed by atoms with van der Waals surface area (Å²) in [6.07, 6.45) is 0.107. The number of carbonyl (C=O) groups is 2. The first kappa shape index (κ1) is 25.9. The summed E-state index contributed by atoms with van der Waals surface area (Å²) in [6, 6.07) is 19.4. The molecule has 3 unspecified atom stereocenters. The number of ether oxygens (including phenoxy) is 1. The van der Waals surface area contributed by atoms with Crippen molar-refractivity contribution < 1.29 is 19.4 Å². The second kappa shape index (κ2) is 10.8. The van der Waals surface area contributed by atoms with Crippen LogP contribution in [0.2, 0.25) is 0 Å². The van der Waals surface area contributed by atoms with Crippen LogP contribution in [0.4, 0.5) is 0 Å². The van der Waals surface area contributed by atoms with E-state index in [1.807, 2.05) is 79.3 Å². The molecule has 188 valence electrons. The maximum Gasteiger partial charge on any atom is 0.376 e. The van der Waals surface area contributed by atoms with E-state index in [9.17, 15) is 14.7 Å². The number of esters is 1. The van der Waals surface area contributed by atoms with Crippen LogP contribution in [0.3, 0.4) is 0 Å². The third-order valence-electron chi connectivity index (χ3n) is 7.50. The predicted octanol–water partition coefficient (Wildman–Crippen LogP) is 3.64. The first-order valence-electron chi connectivity index (χ1n) is 12.4. The molecule has 0 spiro atoms. The quantitative estimate of drug-likeness (QED) is 0.342. The van der Waals surface area contributed by atoms with Crippen molar-refractivity contribution in [1.29, 1.82) is 0 Å². The number of carbonyl (C=O) groups excluding carboxylic acids is 2. The molecule has 2 fully saturated rings. The topological polar surface area (TPSA) is 87.7 Å². The van der Waals surface area contributed by atoms with E-state index in [0.29, 0.717) is 12.8 Å². The minimum Gasteiger partial charge on any atom is -0.452 e. The van der Waals surface area contributed by atoms with E-state index < -0.39 is 35.0 Å². The number of hydrogen-bond acceptors (Lipinski definition) is 7. The molecule has 0 bridgehead atoms. The van der Waals surface area contributed by atoms with E-state index in [0.717, 1.165) is 22.6 Å². The van der Waals surface area contributed by atoms with Crippen molar-refractivity contribution >= 4 is 23.5 Å². The van der Waals surface area contributed by atoms with E-state index in [1.165, 1.54) is 0 Å². The lowest BCUT2D eigenvalue weighted by Crippen LogP contribution is -2.67. The fourth-order valence-electron chi connectivity index (χ4n) is 5.52. The molecule has 0 aromatic heterocycles. The molecule has 2 heterocycles. The molecule has 6 atom stereocenters. The molecule has 0 aliphatic carbocycles. The van der Waals surface area contributed by atoms with Crippen LogP contribution < -0.4 is 10.6 Å². The zero-order valence-corrected chi connectivity index (χ0v) is 21.5. The molecular weight excluding hydrogens is 460 g/mol. The average Bonchev–Trinajstić information content (AvgIpc) is 3.46. The molecule has 3 N–H and O–H groups in total. The van der Waals surface area contributed by atoms with E-state index in [-0.39, 0.29) is 18.5 Å². The molecule has 0 amide bonds. The van der Waals surface area contributed by atoms with Crippen LogP contribution in [0, 0.1) is 5.41 Å². The van der Waals surface area contributed by atoms with Gasteiger partial charge in [-0.05, 0) is 37.8 Å². The highest BCUT2D eigenvalue weighted by Gasteiger charge is 2.62. The SMILES string of the molecule is CCCC(C)(O)C(Cc1ccccc1)(C(=O)C(=O)O[C@H](C)c1ccccc1)C1N[C@H]2CSC[C@H]2N1. The van der Waals surface area contributed by atoms with Crippen molar-refractivity contribution in [2.75, 3.05) is 11.5 Å². The Hall–Kier alpha value is -2.19. The van der Waals surface area contributed by atoms with Crippen molar-refractivity contribution in [3.05, 3.63) is 71.8 Å². The minimum absolute atomic E-state index is 0.185. The molecule has 2 saturated heterocycles. The van der Waals surface area contributed by atoms with Crippen LogP contribution in [-0.4, -0.2) is 52.2 Å². The molecular formula is C28H36N2O4S. The first-order valence-corrected chi connectivity index (χ1v) is 13.6. The van der Waals surface area contributed by atoms with Crippen LogP contribution in [-0.2, 0) is 20.7 Å². The second-order valence-electron chi connectivity index (χ2n) is 9.96. The van der Waals surface area contributed by atoms with E-state index in [4.69, 9.17) is 4.74 Å². The molecule has 35 heavy (non-hydrogen) atoms. The highest BCUT2D eigenvalue weighted by molar-refractivity contribution is 7.99. The fraction of sp³-hybridized carbons (Fsp3) is 0.500. The van der Waals surface area contributed by atoms with Gasteiger partial charge in [0.2, 0.25) is 0 Å². The van der Waals surface area contributed by atoms with Gasteiger partial charge in [0.25, 0.3) is 5.78 Å². The van der Waals surface area contributed by atoms with Crippen molar-refractivity contribution in [3.63, 3.8) is 0 Å². The van der Waals surface area contributed by atoms with E-state index >= 15 is 0 Å². The zero-order chi connectivity index (χ0) is 25.1. The smallest absolute Gasteiger partial charge is 0.376 e. The maximum atomic E-state index is 14.2. The second-order valence-corrected chi connectivity index (χ2v) is 11.0. The predicted molar refractivity (Wildman–Crippen MR) is 139 cm³/mol. The lowest BCUT2D eigenvalue weighted by molar-refractivity contribution is -0.174. The third kappa shape index (κ3) is 5.19. The standard InChI is InChI=1S/C28H36N2O4S/c1-4-15-27(3,33)28(16-20-11-7-5-8-12-20,26-29-22-17-35-18-23(22)30-26)24(31)25(32)34-19(2)21-13-9-6-10-14-21/h5-14,19,22-23,26,29-30,33H,4,15-18H2,1-3H3/t19-,22-,23+,26?,27?,28?/m1/s1. The van der Waals surface area contributed by atoms with Gasteiger partial charge in [0.05, 0.1) is 11.8 Å². The van der Waals surface area contributed by atoms with Gasteiger partial charge < -0.3 is 9.84 Å². The van der Waals surface area contributed by atoms with E-state index in [1.54, 1.807) is 13.8 Å². The highest BCUT2D eigenvalue weighted by Crippen LogP contribution is 2.45. The zero-order valence-electron chi connectivity index (χ0n) is 20.7. The Balaban J connectivity index is 1.73. The summed E-state index contributed by atoms with van der Waals surface area (Å²) in [5.74, 6) is 0.244. The van der Waals surface area contributed by atoms with Gasteiger partial charge in [-0.25, -0.2) is 4.79 Å². The molecule has 2 aromatic rings. The molecule has 4 rings (SSSR count). The number of rotatable bonds is 10. The molecule has 6 nitrogen and oxygen atoms in total. The molecule has 2 aliphatic rings. The summed E-state index contributed by atoms with van der Waals surface area (Å²) in [5, 5.41) is 19.1. The number of nitrogens with one attached hydrogen (secondary N) is 2. The average molecular weight is 497 g/mol. The summed E-state index contributed by atoms with van der Waals surface area (Å²) in [5.41, 5.74) is -1.21. The number of benzene rings is 2. The lowest BCUT2D eigenvalue weighted by atomic mass is 9.62. The number of thioether (sulfide) groups is 1. The number of aliphatic hydroxyl groups is 1. The Morgan fingerprint density at radius 3 is 2.20 bits per heavy atom. The largest absolute Gasteiger partial charge is 0.452 e. The number of ketones is 1. The van der Waals surface area contributed by atoms with Gasteiger partial charge in [0.1, 0.15) is 11.5 Å². The summed E-state index contributed by atoms with van der Waals surface area (Å²) in [7, 11) is 0. The number of fused-ring (bicyclic) bond motifs is 1. The summed E-state index contributed by atoms with van der Waals surface area (Å²) < 4.78 is 5.71. The van der Waals surface area contributed by atoms with Crippen LogP contribution in [0.25, 0.3) is 0 Å². The van der Waals surface area contributed by atoms with E-state index in [2.05, 4.69) is 10.6 Å². The lowest BCUT2D eigenvalue weighted by Gasteiger charge is -2.48. The van der Waals surface area contributed by atoms with Gasteiger partial charge in [-0.2, -0.15) is 11.8 Å². The third-order valence-corrected chi connectivity index (χ3v) is 8.69. The molecule has 2 aromatic carbocycles. The van der Waals surface area contributed by atoms with Crippen LogP contribution in [0.15, 0.2) is 60.7 Å². The van der Waals surface area contributed by atoms with Gasteiger partial charge in [-0.1, -0.05) is 74.0 Å². The highest BCUT2D eigenvalue weighted by atomic mass is 32.2. The first-order chi connectivity index (χ1) is 16.8. The van der Waals surface area contributed by atoms with Crippen LogP contribution >= 0.6 is 11.8 Å². The number of Topliss-reactive ketones (excluding diaryl/α,β-unsaturated/α-hetero) is 1. The van der Waals surface area contributed by atoms with Gasteiger partial charge in [-0.15, -0.1) is 0 Å². The Bertz CT molecular complexity index is 1000. The summed E-state index contributed by atoms with van der Waals surface area (Å²) in [6.45, 7) is 5.43. The minimum atomic E-state index is -1.46. The van der Waals surface area contributed by atoms with Crippen molar-refractivity contribution in [2.24, 2.45) is 5.41 Å². The number of hydrogen-bond donors (Lipinski definition) is 3. The summed E-state index contributed by atoms with van der Waals surface area (Å²) in [4.78, 5) is 27.7. The normalized spacial score (nSPS) is 25.8. The van der Waals surface area contributed by atoms with Crippen molar-refractivity contribution in [3.8, 4) is 0 Å². The molecule has 2 aliphatic heterocycles. The Kier molecular flexibility index (Phi) is 8.01. The molecule has 0 radical (unpaired) electrons. The van der Waals surface area contributed by atoms with Gasteiger partial charge >= 0.3 is 5.97 Å². The van der Waals surface area contributed by atoms with Gasteiger partial charge in [0.15, 0.2) is 0 Å². The fourth-order valence-corrected chi connectivity index (χ4v) is 6.82. The molecule has 7 heteroatoms.